The topological polar surface area (TPSA) is 43.1 Å². The van der Waals surface area contributed by atoms with Crippen LogP contribution in [0.5, 0.6) is 0 Å². The molecule has 2 N–H and O–H groups in total. The third-order valence-corrected chi connectivity index (χ3v) is 2.50. The second-order valence-electron chi connectivity index (χ2n) is 3.74. The van der Waals surface area contributed by atoms with E-state index in [0.29, 0.717) is 6.07 Å². The molecule has 0 atom stereocenters. The molecule has 0 fully saturated rings. The lowest BCUT2D eigenvalue weighted by molar-refractivity contribution is -0.162. The first-order valence-corrected chi connectivity index (χ1v) is 5.10. The number of halogens is 6. The van der Waals surface area contributed by atoms with Crippen molar-refractivity contribution in [1.82, 2.24) is 0 Å². The molecule has 0 aromatic heterocycles. The van der Waals surface area contributed by atoms with E-state index in [9.17, 15) is 31.1 Å². The molecule has 1 aromatic carbocycles. The van der Waals surface area contributed by atoms with E-state index in [1.165, 1.54) is 6.92 Å². The van der Waals surface area contributed by atoms with Crippen LogP contribution in [0.25, 0.3) is 0 Å². The van der Waals surface area contributed by atoms with Gasteiger partial charge in [-0.05, 0) is 18.1 Å². The van der Waals surface area contributed by atoms with Crippen LogP contribution in [-0.4, -0.2) is 5.91 Å². The molecule has 0 radical (unpaired) electrons. The fraction of sp³-hybridized carbons (Fsp3) is 0.364. The maximum Gasteiger partial charge on any atom is 0.417 e. The van der Waals surface area contributed by atoms with E-state index >= 15 is 0 Å². The molecule has 0 saturated heterocycles. The molecule has 19 heavy (non-hydrogen) atoms. The summed E-state index contributed by atoms with van der Waals surface area (Å²) in [5.41, 5.74) is -0.882. The molecule has 0 spiro atoms. The molecule has 2 nitrogen and oxygen atoms in total. The highest BCUT2D eigenvalue weighted by atomic mass is 19.4. The van der Waals surface area contributed by atoms with Crippen molar-refractivity contribution in [3.8, 4) is 0 Å². The molecular formula is C11H9F6NO. The van der Waals surface area contributed by atoms with Gasteiger partial charge in [-0.25, -0.2) is 0 Å². The number of hydrogen-bond donors (Lipinski definition) is 1. The second-order valence-corrected chi connectivity index (χ2v) is 3.74. The van der Waals surface area contributed by atoms with Gasteiger partial charge in [-0.3, -0.25) is 4.79 Å². The first-order chi connectivity index (χ1) is 8.50. The average Bonchev–Trinajstić information content (AvgIpc) is 2.24. The summed E-state index contributed by atoms with van der Waals surface area (Å²) in [6.45, 7) is 1.29. The van der Waals surface area contributed by atoms with Crippen molar-refractivity contribution in [2.45, 2.75) is 25.7 Å². The zero-order chi connectivity index (χ0) is 15.0. The maximum atomic E-state index is 12.8. The smallest absolute Gasteiger partial charge is 0.366 e. The Morgan fingerprint density at radius 1 is 1.05 bits per heavy atom. The Morgan fingerprint density at radius 3 is 1.84 bits per heavy atom. The Labute approximate surface area is 104 Å². The zero-order valence-corrected chi connectivity index (χ0v) is 9.62. The zero-order valence-electron chi connectivity index (χ0n) is 9.62. The van der Waals surface area contributed by atoms with Crippen LogP contribution in [0.3, 0.4) is 0 Å². The Balaban J connectivity index is 3.83. The van der Waals surface area contributed by atoms with Gasteiger partial charge < -0.3 is 5.73 Å². The summed E-state index contributed by atoms with van der Waals surface area (Å²) >= 11 is 0. The monoisotopic (exact) mass is 285 g/mol. The Bertz CT molecular complexity index is 503. The quantitative estimate of drug-likeness (QED) is 0.832. The molecule has 0 aliphatic rings. The minimum Gasteiger partial charge on any atom is -0.366 e. The summed E-state index contributed by atoms with van der Waals surface area (Å²) in [7, 11) is 0. The van der Waals surface area contributed by atoms with Crippen LogP contribution in [0.15, 0.2) is 12.1 Å². The van der Waals surface area contributed by atoms with Crippen LogP contribution in [-0.2, 0) is 18.8 Å². The number of benzene rings is 1. The van der Waals surface area contributed by atoms with Crippen LogP contribution >= 0.6 is 0 Å². The third-order valence-electron chi connectivity index (χ3n) is 2.50. The van der Waals surface area contributed by atoms with E-state index in [-0.39, 0.29) is 6.42 Å². The highest BCUT2D eigenvalue weighted by Gasteiger charge is 2.46. The van der Waals surface area contributed by atoms with Gasteiger partial charge in [0.1, 0.15) is 0 Å². The van der Waals surface area contributed by atoms with E-state index in [4.69, 9.17) is 5.73 Å². The third kappa shape index (κ3) is 2.99. The summed E-state index contributed by atoms with van der Waals surface area (Å²) in [6, 6.07) is 1.50. The number of carbonyl (C=O) groups is 1. The number of rotatable bonds is 2. The van der Waals surface area contributed by atoms with E-state index in [1.807, 2.05) is 0 Å². The molecule has 1 rings (SSSR count). The van der Waals surface area contributed by atoms with Gasteiger partial charge in [0.2, 0.25) is 5.91 Å². The van der Waals surface area contributed by atoms with Crippen molar-refractivity contribution < 1.29 is 31.1 Å². The molecule has 0 heterocycles. The maximum absolute atomic E-state index is 12.8. The van der Waals surface area contributed by atoms with Crippen molar-refractivity contribution in [2.24, 2.45) is 5.73 Å². The minimum atomic E-state index is -5.32. The van der Waals surface area contributed by atoms with Crippen LogP contribution in [0.1, 0.15) is 34.0 Å². The van der Waals surface area contributed by atoms with Gasteiger partial charge in [0.15, 0.2) is 0 Å². The fourth-order valence-electron chi connectivity index (χ4n) is 1.76. The Kier molecular flexibility index (Phi) is 3.83. The van der Waals surface area contributed by atoms with Crippen LogP contribution in [0, 0.1) is 0 Å². The summed E-state index contributed by atoms with van der Waals surface area (Å²) < 4.78 is 76.9. The van der Waals surface area contributed by atoms with Crippen LogP contribution < -0.4 is 5.73 Å². The Hall–Kier alpha value is -1.73. The average molecular weight is 285 g/mol. The van der Waals surface area contributed by atoms with Crippen LogP contribution in [0.2, 0.25) is 0 Å². The van der Waals surface area contributed by atoms with Gasteiger partial charge in [0, 0.05) is 0 Å². The number of carbonyl (C=O) groups excluding carboxylic acids is 1. The molecule has 0 aliphatic heterocycles. The van der Waals surface area contributed by atoms with Crippen molar-refractivity contribution >= 4 is 5.91 Å². The van der Waals surface area contributed by atoms with Crippen molar-refractivity contribution in [3.63, 3.8) is 0 Å². The number of hydrogen-bond acceptors (Lipinski definition) is 1. The first-order valence-electron chi connectivity index (χ1n) is 5.10. The van der Waals surface area contributed by atoms with Gasteiger partial charge in [0.05, 0.1) is 16.7 Å². The van der Waals surface area contributed by atoms with Crippen molar-refractivity contribution in [3.05, 3.63) is 34.4 Å². The number of amides is 1. The van der Waals surface area contributed by atoms with E-state index in [2.05, 4.69) is 0 Å². The Morgan fingerprint density at radius 2 is 1.53 bits per heavy atom. The van der Waals surface area contributed by atoms with Gasteiger partial charge in [-0.1, -0.05) is 13.0 Å². The molecular weight excluding hydrogens is 276 g/mol. The standard InChI is InChI=1S/C11H9F6NO/c1-2-5-3-4-6(9(18)19)8(11(15,16)17)7(5)10(12,13)14/h3-4H,2H2,1H3,(H2,18,19). The summed E-state index contributed by atoms with van der Waals surface area (Å²) in [5.74, 6) is -1.56. The molecule has 1 aromatic rings. The highest BCUT2D eigenvalue weighted by Crippen LogP contribution is 2.43. The molecule has 0 saturated carbocycles. The van der Waals surface area contributed by atoms with Gasteiger partial charge in [-0.15, -0.1) is 0 Å². The number of alkyl halides is 6. The predicted octanol–water partition coefficient (Wildman–Crippen LogP) is 3.39. The van der Waals surface area contributed by atoms with Crippen molar-refractivity contribution in [2.75, 3.05) is 0 Å². The molecule has 8 heteroatoms. The molecule has 0 unspecified atom stereocenters. The lowest BCUT2D eigenvalue weighted by atomic mass is 9.93. The number of aryl methyl sites for hydroxylation is 1. The first kappa shape index (κ1) is 15.3. The second kappa shape index (κ2) is 4.75. The normalized spacial score (nSPS) is 12.6. The molecule has 0 aliphatic carbocycles. The van der Waals surface area contributed by atoms with Gasteiger partial charge >= 0.3 is 12.4 Å². The van der Waals surface area contributed by atoms with Crippen LogP contribution in [0.4, 0.5) is 26.3 Å². The van der Waals surface area contributed by atoms with E-state index in [1.54, 1.807) is 0 Å². The lowest BCUT2D eigenvalue weighted by Gasteiger charge is -2.20. The van der Waals surface area contributed by atoms with E-state index in [0.717, 1.165) is 6.07 Å². The summed E-state index contributed by atoms with van der Waals surface area (Å²) in [4.78, 5) is 10.9. The lowest BCUT2D eigenvalue weighted by Crippen LogP contribution is -2.25. The summed E-state index contributed by atoms with van der Waals surface area (Å²) in [5, 5.41) is 0. The SMILES string of the molecule is CCc1ccc(C(N)=O)c(C(F)(F)F)c1C(F)(F)F. The predicted molar refractivity (Wildman–Crippen MR) is 54.3 cm³/mol. The fourth-order valence-corrected chi connectivity index (χ4v) is 1.76. The largest absolute Gasteiger partial charge is 0.417 e. The molecule has 0 bridgehead atoms. The van der Waals surface area contributed by atoms with Gasteiger partial charge in [-0.2, -0.15) is 26.3 Å². The number of primary amides is 1. The minimum absolute atomic E-state index is 0.253. The molecule has 106 valence electrons. The highest BCUT2D eigenvalue weighted by molar-refractivity contribution is 5.95. The van der Waals surface area contributed by atoms with Crippen molar-refractivity contribution in [1.29, 1.82) is 0 Å². The number of nitrogens with two attached hydrogens (primary N) is 1. The van der Waals surface area contributed by atoms with E-state index < -0.39 is 40.5 Å². The van der Waals surface area contributed by atoms with Gasteiger partial charge in [0.25, 0.3) is 0 Å². The molecule has 1 amide bonds. The summed E-state index contributed by atoms with van der Waals surface area (Å²) in [6.07, 6.45) is -10.8.